The molecule has 1 N–H and O–H groups in total. The molecule has 3 rings (SSSR count). The van der Waals surface area contributed by atoms with Gasteiger partial charge in [-0.2, -0.15) is 0 Å². The molecule has 34 heavy (non-hydrogen) atoms. The van der Waals surface area contributed by atoms with Crippen LogP contribution in [0.25, 0.3) is 11.1 Å². The minimum atomic E-state index is -0.449. The molecule has 2 aromatic rings. The van der Waals surface area contributed by atoms with Crippen LogP contribution in [0.5, 0.6) is 5.75 Å². The molecular weight excluding hydrogens is 428 g/mol. The van der Waals surface area contributed by atoms with Gasteiger partial charge in [-0.15, -0.1) is 0 Å². The molecule has 0 amide bonds. The molecule has 1 aliphatic rings. The summed E-state index contributed by atoms with van der Waals surface area (Å²) < 4.78 is 17.2. The lowest BCUT2D eigenvalue weighted by molar-refractivity contribution is -0.138. The van der Waals surface area contributed by atoms with Crippen LogP contribution in [0.1, 0.15) is 62.5 Å². The molecule has 5 nitrogen and oxygen atoms in total. The fraction of sp³-hybridized carbons (Fsp3) is 0.483. The number of carbonyl (C=O) groups is 1. The molecule has 0 radical (unpaired) electrons. The number of rotatable bonds is 13. The van der Waals surface area contributed by atoms with Crippen molar-refractivity contribution in [3.63, 3.8) is 0 Å². The normalized spacial score (nSPS) is 17.8. The van der Waals surface area contributed by atoms with E-state index < -0.39 is 5.97 Å². The first-order valence-electron chi connectivity index (χ1n) is 12.5. The maximum atomic E-state index is 11.3. The van der Waals surface area contributed by atoms with Crippen LogP contribution in [-0.2, 0) is 20.7 Å². The minimum Gasteiger partial charge on any atom is -0.489 e. The van der Waals surface area contributed by atoms with Crippen LogP contribution >= 0.6 is 0 Å². The van der Waals surface area contributed by atoms with Gasteiger partial charge in [0.15, 0.2) is 0 Å². The van der Waals surface area contributed by atoms with Gasteiger partial charge in [0.1, 0.15) is 19.0 Å². The number of unbranched alkanes of at least 4 members (excludes halogenated alkanes) is 1. The molecule has 5 heteroatoms. The van der Waals surface area contributed by atoms with Gasteiger partial charge in [-0.3, -0.25) is 0 Å². The Bertz CT molecular complexity index is 897. The predicted molar refractivity (Wildman–Crippen MR) is 135 cm³/mol. The van der Waals surface area contributed by atoms with Crippen LogP contribution in [0.2, 0.25) is 0 Å². The van der Waals surface area contributed by atoms with Gasteiger partial charge in [-0.1, -0.05) is 56.3 Å². The van der Waals surface area contributed by atoms with Crippen molar-refractivity contribution in [2.45, 2.75) is 63.9 Å². The summed E-state index contributed by atoms with van der Waals surface area (Å²) in [4.78, 5) is 11.3. The Balaban J connectivity index is 1.72. The summed E-state index contributed by atoms with van der Waals surface area (Å²) in [5, 5.41) is 9.18. The van der Waals surface area contributed by atoms with Gasteiger partial charge in [0.05, 0.1) is 6.10 Å². The Morgan fingerprint density at radius 1 is 1.06 bits per heavy atom. The number of esters is 1. The summed E-state index contributed by atoms with van der Waals surface area (Å²) in [6.45, 7) is 7.06. The predicted octanol–water partition coefficient (Wildman–Crippen LogP) is 5.84. The van der Waals surface area contributed by atoms with E-state index in [0.29, 0.717) is 18.4 Å². The summed E-state index contributed by atoms with van der Waals surface area (Å²) in [5.74, 6) is 0.839. The maximum absolute atomic E-state index is 11.3. The van der Waals surface area contributed by atoms with Gasteiger partial charge in [-0.25, -0.2) is 4.79 Å². The van der Waals surface area contributed by atoms with E-state index in [1.54, 1.807) is 0 Å². The van der Waals surface area contributed by atoms with Crippen molar-refractivity contribution in [2.75, 3.05) is 26.4 Å². The number of aliphatic hydroxyl groups is 1. The Kier molecular flexibility index (Phi) is 10.6. The summed E-state index contributed by atoms with van der Waals surface area (Å²) in [6, 6.07) is 14.7. The Hall–Kier alpha value is -2.63. The number of hydrogen-bond acceptors (Lipinski definition) is 5. The average molecular weight is 467 g/mol. The van der Waals surface area contributed by atoms with Gasteiger partial charge in [0, 0.05) is 24.9 Å². The van der Waals surface area contributed by atoms with Crippen molar-refractivity contribution >= 4 is 5.97 Å². The van der Waals surface area contributed by atoms with Crippen LogP contribution in [0.15, 0.2) is 55.1 Å². The van der Waals surface area contributed by atoms with Crippen LogP contribution in [0.4, 0.5) is 0 Å². The van der Waals surface area contributed by atoms with Gasteiger partial charge in [-0.05, 0) is 67.2 Å². The Labute approximate surface area is 203 Å². The molecule has 0 aromatic heterocycles. The molecule has 0 unspecified atom stereocenters. The SMILES string of the molecule is C=CC(=O)OCCOc1cc(C2CCC(OCCCC)CC2)ccc1-c1ccc(CCO)cc1. The number of benzene rings is 2. The van der Waals surface area contributed by atoms with E-state index in [1.165, 1.54) is 12.0 Å². The molecule has 184 valence electrons. The fourth-order valence-electron chi connectivity index (χ4n) is 4.44. The van der Waals surface area contributed by atoms with E-state index in [-0.39, 0.29) is 19.8 Å². The topological polar surface area (TPSA) is 65.0 Å². The first-order valence-corrected chi connectivity index (χ1v) is 12.5. The summed E-state index contributed by atoms with van der Waals surface area (Å²) in [7, 11) is 0. The smallest absolute Gasteiger partial charge is 0.330 e. The zero-order valence-electron chi connectivity index (χ0n) is 20.3. The summed E-state index contributed by atoms with van der Waals surface area (Å²) in [5.41, 5.74) is 4.44. The zero-order valence-corrected chi connectivity index (χ0v) is 20.3. The molecule has 0 heterocycles. The monoisotopic (exact) mass is 466 g/mol. The largest absolute Gasteiger partial charge is 0.489 e. The van der Waals surface area contributed by atoms with Gasteiger partial charge in [0.25, 0.3) is 0 Å². The molecule has 0 spiro atoms. The molecule has 1 fully saturated rings. The highest BCUT2D eigenvalue weighted by atomic mass is 16.6. The van der Waals surface area contributed by atoms with E-state index in [4.69, 9.17) is 14.2 Å². The van der Waals surface area contributed by atoms with Gasteiger partial charge < -0.3 is 19.3 Å². The summed E-state index contributed by atoms with van der Waals surface area (Å²) in [6.07, 6.45) is 8.89. The van der Waals surface area contributed by atoms with Crippen LogP contribution in [-0.4, -0.2) is 43.6 Å². The molecule has 0 saturated heterocycles. The van der Waals surface area contributed by atoms with E-state index in [2.05, 4.69) is 43.8 Å². The van der Waals surface area contributed by atoms with Crippen LogP contribution in [0, 0.1) is 0 Å². The van der Waals surface area contributed by atoms with Crippen molar-refractivity contribution in [3.8, 4) is 16.9 Å². The third-order valence-corrected chi connectivity index (χ3v) is 6.42. The first-order chi connectivity index (χ1) is 16.6. The first kappa shape index (κ1) is 26.0. The second-order valence-electron chi connectivity index (χ2n) is 8.84. The van der Waals surface area contributed by atoms with Gasteiger partial charge in [0.2, 0.25) is 0 Å². The Morgan fingerprint density at radius 3 is 2.50 bits per heavy atom. The second kappa shape index (κ2) is 13.9. The lowest BCUT2D eigenvalue weighted by atomic mass is 9.82. The summed E-state index contributed by atoms with van der Waals surface area (Å²) >= 11 is 0. The van der Waals surface area contributed by atoms with Gasteiger partial charge >= 0.3 is 5.97 Å². The number of ether oxygens (including phenoxy) is 3. The van der Waals surface area contributed by atoms with Crippen molar-refractivity contribution in [1.29, 1.82) is 0 Å². The van der Waals surface area contributed by atoms with E-state index in [1.807, 2.05) is 12.1 Å². The Morgan fingerprint density at radius 2 is 1.82 bits per heavy atom. The van der Waals surface area contributed by atoms with Crippen LogP contribution in [0.3, 0.4) is 0 Å². The van der Waals surface area contributed by atoms with Crippen molar-refractivity contribution in [2.24, 2.45) is 0 Å². The number of carbonyl (C=O) groups excluding carboxylic acids is 1. The van der Waals surface area contributed by atoms with E-state index in [9.17, 15) is 9.90 Å². The highest BCUT2D eigenvalue weighted by Gasteiger charge is 2.23. The minimum absolute atomic E-state index is 0.137. The zero-order chi connectivity index (χ0) is 24.2. The molecule has 0 bridgehead atoms. The van der Waals surface area contributed by atoms with Crippen molar-refractivity contribution in [3.05, 3.63) is 66.2 Å². The fourth-order valence-corrected chi connectivity index (χ4v) is 4.44. The maximum Gasteiger partial charge on any atom is 0.330 e. The molecule has 0 atom stereocenters. The molecule has 2 aromatic carbocycles. The number of aliphatic hydroxyl groups excluding tert-OH is 1. The van der Waals surface area contributed by atoms with Crippen molar-refractivity contribution in [1.82, 2.24) is 0 Å². The standard InChI is InChI=1S/C29H38O5/c1-3-5-18-32-26-13-10-23(11-14-26)25-12-15-27(24-8-6-22(7-9-24)16-17-30)28(21-25)33-19-20-34-29(31)4-2/h4,6-9,12,15,21,23,26,30H,2-3,5,10-11,13-14,16-20H2,1H3. The molecule has 0 aliphatic heterocycles. The van der Waals surface area contributed by atoms with E-state index in [0.717, 1.165) is 67.2 Å². The lowest BCUT2D eigenvalue weighted by Gasteiger charge is -2.29. The highest BCUT2D eigenvalue weighted by Crippen LogP contribution is 2.39. The molecular formula is C29H38O5. The third kappa shape index (κ3) is 7.71. The molecule has 1 aliphatic carbocycles. The molecule has 1 saturated carbocycles. The van der Waals surface area contributed by atoms with Crippen molar-refractivity contribution < 1.29 is 24.1 Å². The highest BCUT2D eigenvalue weighted by molar-refractivity contribution is 5.81. The third-order valence-electron chi connectivity index (χ3n) is 6.42. The number of hydrogen-bond donors (Lipinski definition) is 1. The average Bonchev–Trinajstić information content (AvgIpc) is 2.87. The van der Waals surface area contributed by atoms with E-state index >= 15 is 0 Å². The lowest BCUT2D eigenvalue weighted by Crippen LogP contribution is -2.21. The quantitative estimate of drug-likeness (QED) is 0.228. The van der Waals surface area contributed by atoms with Crippen LogP contribution < -0.4 is 4.74 Å². The second-order valence-corrected chi connectivity index (χ2v) is 8.84.